The van der Waals surface area contributed by atoms with Gasteiger partial charge in [-0.05, 0) is 42.5 Å². The number of hydrogen-bond acceptors (Lipinski definition) is 3. The molecule has 5 heteroatoms. The normalized spacial score (nSPS) is 9.81. The van der Waals surface area contributed by atoms with Gasteiger partial charge in [-0.15, -0.1) is 0 Å². The lowest BCUT2D eigenvalue weighted by molar-refractivity contribution is -0.116. The number of benzene rings is 2. The molecule has 0 fully saturated rings. The predicted molar refractivity (Wildman–Crippen MR) is 103 cm³/mol. The highest BCUT2D eigenvalue weighted by atomic mass is 16.3. The van der Waals surface area contributed by atoms with Gasteiger partial charge in [0, 0.05) is 23.9 Å². The summed E-state index contributed by atoms with van der Waals surface area (Å²) in [6, 6.07) is 20.1. The first-order valence-electron chi connectivity index (χ1n) is 8.38. The molecule has 3 rings (SSSR count). The van der Waals surface area contributed by atoms with Gasteiger partial charge in [0.25, 0.3) is 5.91 Å². The van der Waals surface area contributed by atoms with Crippen LogP contribution in [0.2, 0.25) is 0 Å². The molecule has 1 N–H and O–H groups in total. The molecule has 0 aliphatic carbocycles. The third-order valence-electron chi connectivity index (χ3n) is 3.73. The molecule has 0 radical (unpaired) electrons. The largest absolute Gasteiger partial charge is 0.459 e. The molecular weight excluding hydrogens is 340 g/mol. The number of nitrogens with one attached hydrogen (secondary N) is 1. The van der Waals surface area contributed by atoms with E-state index in [0.29, 0.717) is 5.69 Å². The van der Waals surface area contributed by atoms with Crippen LogP contribution < -0.4 is 5.32 Å². The standard InChI is InChI=1S/C22H18N2O3/c1-24(22(26)20-11-6-14-27-20)16-21(25)23-19-10-5-9-18(15-19)13-12-17-7-3-2-4-8-17/h2-11,14-15H,16H2,1H3,(H,23,25). The molecule has 1 aromatic heterocycles. The van der Waals surface area contributed by atoms with Crippen molar-refractivity contribution in [1.82, 2.24) is 4.90 Å². The Kier molecular flexibility index (Phi) is 5.70. The monoisotopic (exact) mass is 358 g/mol. The summed E-state index contributed by atoms with van der Waals surface area (Å²) in [6.07, 6.45) is 1.42. The van der Waals surface area contributed by atoms with Crippen LogP contribution in [0.1, 0.15) is 21.7 Å². The highest BCUT2D eigenvalue weighted by Crippen LogP contribution is 2.11. The van der Waals surface area contributed by atoms with Gasteiger partial charge in [-0.3, -0.25) is 9.59 Å². The quantitative estimate of drug-likeness (QED) is 0.727. The molecule has 0 unspecified atom stereocenters. The molecule has 27 heavy (non-hydrogen) atoms. The van der Waals surface area contributed by atoms with Gasteiger partial charge in [-0.25, -0.2) is 0 Å². The minimum Gasteiger partial charge on any atom is -0.459 e. The summed E-state index contributed by atoms with van der Waals surface area (Å²) >= 11 is 0. The third kappa shape index (κ3) is 5.10. The minimum atomic E-state index is -0.349. The Bertz CT molecular complexity index is 983. The van der Waals surface area contributed by atoms with Gasteiger partial charge in [-0.1, -0.05) is 36.1 Å². The van der Waals surface area contributed by atoms with Gasteiger partial charge in [-0.2, -0.15) is 0 Å². The highest BCUT2D eigenvalue weighted by Gasteiger charge is 2.17. The van der Waals surface area contributed by atoms with Crippen molar-refractivity contribution >= 4 is 17.5 Å². The van der Waals surface area contributed by atoms with Crippen LogP contribution in [0, 0.1) is 11.8 Å². The summed E-state index contributed by atoms with van der Waals surface area (Å²) in [5.74, 6) is 5.70. The molecule has 1 heterocycles. The number of carbonyl (C=O) groups excluding carboxylic acids is 2. The molecule has 0 aliphatic heterocycles. The maximum Gasteiger partial charge on any atom is 0.289 e. The summed E-state index contributed by atoms with van der Waals surface area (Å²) < 4.78 is 5.06. The number of amides is 2. The Balaban J connectivity index is 1.61. The van der Waals surface area contributed by atoms with Crippen molar-refractivity contribution in [1.29, 1.82) is 0 Å². The van der Waals surface area contributed by atoms with E-state index in [0.717, 1.165) is 11.1 Å². The zero-order valence-electron chi connectivity index (χ0n) is 14.8. The first-order chi connectivity index (χ1) is 13.1. The van der Waals surface area contributed by atoms with Crippen LogP contribution in [-0.4, -0.2) is 30.3 Å². The highest BCUT2D eigenvalue weighted by molar-refractivity contribution is 5.97. The van der Waals surface area contributed by atoms with Gasteiger partial charge in [0.15, 0.2) is 5.76 Å². The Hall–Kier alpha value is -3.78. The Morgan fingerprint density at radius 1 is 0.963 bits per heavy atom. The number of furan rings is 1. The van der Waals surface area contributed by atoms with Gasteiger partial charge in [0.2, 0.25) is 5.91 Å². The fourth-order valence-corrected chi connectivity index (χ4v) is 2.42. The van der Waals surface area contributed by atoms with Crippen molar-refractivity contribution in [2.75, 3.05) is 18.9 Å². The summed E-state index contributed by atoms with van der Waals surface area (Å²) in [6.45, 7) is -0.0839. The number of carbonyl (C=O) groups is 2. The molecular formula is C22H18N2O3. The van der Waals surface area contributed by atoms with E-state index in [2.05, 4.69) is 17.2 Å². The van der Waals surface area contributed by atoms with Crippen LogP contribution >= 0.6 is 0 Å². The number of hydrogen-bond donors (Lipinski definition) is 1. The third-order valence-corrected chi connectivity index (χ3v) is 3.73. The van der Waals surface area contributed by atoms with E-state index >= 15 is 0 Å². The first-order valence-corrected chi connectivity index (χ1v) is 8.38. The summed E-state index contributed by atoms with van der Waals surface area (Å²) in [5, 5.41) is 2.78. The molecule has 0 saturated heterocycles. The summed E-state index contributed by atoms with van der Waals surface area (Å²) in [5.41, 5.74) is 2.33. The molecule has 0 bridgehead atoms. The van der Waals surface area contributed by atoms with Crippen LogP contribution in [0.15, 0.2) is 77.4 Å². The van der Waals surface area contributed by atoms with Crippen LogP contribution in [0.5, 0.6) is 0 Å². The fourth-order valence-electron chi connectivity index (χ4n) is 2.42. The number of anilines is 1. The van der Waals surface area contributed by atoms with Gasteiger partial charge >= 0.3 is 0 Å². The Morgan fingerprint density at radius 3 is 2.44 bits per heavy atom. The number of nitrogens with zero attached hydrogens (tertiary/aromatic N) is 1. The van der Waals surface area contributed by atoms with Gasteiger partial charge < -0.3 is 14.6 Å². The molecule has 0 aliphatic rings. The van der Waals surface area contributed by atoms with E-state index in [1.54, 1.807) is 31.3 Å². The van der Waals surface area contributed by atoms with E-state index in [1.807, 2.05) is 42.5 Å². The summed E-state index contributed by atoms with van der Waals surface area (Å²) in [4.78, 5) is 25.6. The maximum absolute atomic E-state index is 12.2. The predicted octanol–water partition coefficient (Wildman–Crippen LogP) is 3.39. The zero-order valence-corrected chi connectivity index (χ0v) is 14.8. The van der Waals surface area contributed by atoms with E-state index in [1.165, 1.54) is 11.2 Å². The molecule has 0 saturated carbocycles. The van der Waals surface area contributed by atoms with Crippen molar-refractivity contribution in [3.8, 4) is 11.8 Å². The van der Waals surface area contributed by atoms with Crippen LogP contribution in [0.4, 0.5) is 5.69 Å². The van der Waals surface area contributed by atoms with E-state index in [-0.39, 0.29) is 24.1 Å². The van der Waals surface area contributed by atoms with E-state index in [9.17, 15) is 9.59 Å². The average molecular weight is 358 g/mol. The second-order valence-corrected chi connectivity index (χ2v) is 5.88. The molecule has 2 amide bonds. The molecule has 3 aromatic rings. The second-order valence-electron chi connectivity index (χ2n) is 5.88. The van der Waals surface area contributed by atoms with Crippen molar-refractivity contribution in [3.63, 3.8) is 0 Å². The number of rotatable bonds is 4. The van der Waals surface area contributed by atoms with Crippen LogP contribution in [0.3, 0.4) is 0 Å². The van der Waals surface area contributed by atoms with Crippen LogP contribution in [0.25, 0.3) is 0 Å². The van der Waals surface area contributed by atoms with Crippen molar-refractivity contribution < 1.29 is 14.0 Å². The second kappa shape index (κ2) is 8.54. The Morgan fingerprint density at radius 2 is 1.70 bits per heavy atom. The average Bonchev–Trinajstić information content (AvgIpc) is 3.21. The lowest BCUT2D eigenvalue weighted by Crippen LogP contribution is -2.34. The first kappa shape index (κ1) is 18.0. The van der Waals surface area contributed by atoms with Crippen LogP contribution in [-0.2, 0) is 4.79 Å². The smallest absolute Gasteiger partial charge is 0.289 e. The fraction of sp³-hybridized carbons (Fsp3) is 0.0909. The van der Waals surface area contributed by atoms with Gasteiger partial charge in [0.05, 0.1) is 12.8 Å². The molecule has 134 valence electrons. The van der Waals surface area contributed by atoms with E-state index in [4.69, 9.17) is 4.42 Å². The van der Waals surface area contributed by atoms with Crippen molar-refractivity contribution in [2.45, 2.75) is 0 Å². The molecule has 5 nitrogen and oxygen atoms in total. The molecule has 2 aromatic carbocycles. The molecule has 0 spiro atoms. The van der Waals surface area contributed by atoms with Crippen molar-refractivity contribution in [3.05, 3.63) is 89.9 Å². The minimum absolute atomic E-state index is 0.0839. The summed E-state index contributed by atoms with van der Waals surface area (Å²) in [7, 11) is 1.55. The zero-order chi connectivity index (χ0) is 19.1. The Labute approximate surface area is 157 Å². The lowest BCUT2D eigenvalue weighted by atomic mass is 10.1. The SMILES string of the molecule is CN(CC(=O)Nc1cccc(C#Cc2ccccc2)c1)C(=O)c1ccco1. The van der Waals surface area contributed by atoms with E-state index < -0.39 is 0 Å². The van der Waals surface area contributed by atoms with Gasteiger partial charge in [0.1, 0.15) is 0 Å². The maximum atomic E-state index is 12.2. The van der Waals surface area contributed by atoms with Crippen molar-refractivity contribution in [2.24, 2.45) is 0 Å². The lowest BCUT2D eigenvalue weighted by Gasteiger charge is -2.15. The number of likely N-dealkylation sites (N-methyl/N-ethyl adjacent to an activating group) is 1. The topological polar surface area (TPSA) is 62.6 Å². The molecule has 0 atom stereocenters.